The third-order valence-corrected chi connectivity index (χ3v) is 6.44. The number of H-pyrrole nitrogens is 1. The molecular weight excluding hydrogens is 302 g/mol. The van der Waals surface area contributed by atoms with Crippen molar-refractivity contribution in [3.8, 4) is 0 Å². The minimum atomic E-state index is -3.86. The van der Waals surface area contributed by atoms with Crippen molar-refractivity contribution in [2.45, 2.75) is 30.5 Å². The Balaban J connectivity index is 2.38. The minimum Gasteiger partial charge on any atom is -0.478 e. The molecule has 2 rings (SSSR count). The number of carboxylic acid groups (broad SMARTS) is 1. The highest BCUT2D eigenvalue weighted by atomic mass is 32.2. The maximum absolute atomic E-state index is 12.6. The van der Waals surface area contributed by atoms with E-state index in [4.69, 9.17) is 5.11 Å². The number of nitrogens with one attached hydrogen (secondary N) is 1. The molecule has 1 aliphatic rings. The van der Waals surface area contributed by atoms with E-state index in [0.29, 0.717) is 18.8 Å². The molecule has 1 fully saturated rings. The number of carbonyl (C=O) groups is 1. The summed E-state index contributed by atoms with van der Waals surface area (Å²) in [5.41, 5.74) is -0.0224. The zero-order chi connectivity index (χ0) is 14.9. The van der Waals surface area contributed by atoms with Crippen molar-refractivity contribution in [1.29, 1.82) is 0 Å². The van der Waals surface area contributed by atoms with Crippen LogP contribution in [0.5, 0.6) is 0 Å². The van der Waals surface area contributed by atoms with Crippen molar-refractivity contribution in [3.63, 3.8) is 0 Å². The van der Waals surface area contributed by atoms with Gasteiger partial charge in [0.2, 0.25) is 5.03 Å². The van der Waals surface area contributed by atoms with Gasteiger partial charge in [0.05, 0.1) is 0 Å². The van der Waals surface area contributed by atoms with Crippen molar-refractivity contribution >= 4 is 27.8 Å². The number of thioether (sulfide) groups is 1. The first kappa shape index (κ1) is 15.3. The van der Waals surface area contributed by atoms with Crippen molar-refractivity contribution in [1.82, 2.24) is 14.5 Å². The fourth-order valence-electron chi connectivity index (χ4n) is 2.13. The summed E-state index contributed by atoms with van der Waals surface area (Å²) in [6.07, 6.45) is 0.877. The number of carboxylic acids is 1. The molecular formula is C11H17N3O4S2. The van der Waals surface area contributed by atoms with Gasteiger partial charge in [-0.2, -0.15) is 21.2 Å². The van der Waals surface area contributed by atoms with Gasteiger partial charge < -0.3 is 5.11 Å². The molecule has 20 heavy (non-hydrogen) atoms. The number of aromatic amines is 1. The highest BCUT2D eigenvalue weighted by Crippen LogP contribution is 2.27. The van der Waals surface area contributed by atoms with Gasteiger partial charge in [0, 0.05) is 29.8 Å². The first-order valence-corrected chi connectivity index (χ1v) is 8.76. The van der Waals surface area contributed by atoms with Gasteiger partial charge in [0.15, 0.2) is 0 Å². The lowest BCUT2D eigenvalue weighted by atomic mass is 10.3. The number of aromatic nitrogens is 2. The summed E-state index contributed by atoms with van der Waals surface area (Å²) in [6, 6.07) is 0. The normalized spacial score (nSPS) is 21.0. The molecule has 0 aromatic carbocycles. The molecule has 1 aliphatic heterocycles. The summed E-state index contributed by atoms with van der Waals surface area (Å²) in [5, 5.41) is 15.1. The highest BCUT2D eigenvalue weighted by Gasteiger charge is 2.35. The van der Waals surface area contributed by atoms with E-state index < -0.39 is 16.0 Å². The molecule has 0 amide bonds. The van der Waals surface area contributed by atoms with Crippen LogP contribution in [-0.2, 0) is 10.0 Å². The summed E-state index contributed by atoms with van der Waals surface area (Å²) in [5.74, 6) is -0.572. The van der Waals surface area contributed by atoms with Crippen LogP contribution in [0.25, 0.3) is 0 Å². The molecule has 2 heterocycles. The molecule has 0 aliphatic carbocycles. The minimum absolute atomic E-state index is 0.242. The Hall–Kier alpha value is -1.06. The Morgan fingerprint density at radius 2 is 2.30 bits per heavy atom. The maximum Gasteiger partial charge on any atom is 0.340 e. The monoisotopic (exact) mass is 319 g/mol. The highest BCUT2D eigenvalue weighted by molar-refractivity contribution is 8.00. The molecule has 0 bridgehead atoms. The van der Waals surface area contributed by atoms with Gasteiger partial charge in [-0.1, -0.05) is 6.92 Å². The molecule has 1 atom stereocenters. The number of aromatic carboxylic acids is 1. The summed E-state index contributed by atoms with van der Waals surface area (Å²) in [7, 11) is -3.86. The number of sulfonamides is 1. The topological polar surface area (TPSA) is 103 Å². The molecule has 1 unspecified atom stereocenters. The Morgan fingerprint density at radius 3 is 2.90 bits per heavy atom. The van der Waals surface area contributed by atoms with Crippen molar-refractivity contribution in [2.75, 3.05) is 18.8 Å². The van der Waals surface area contributed by atoms with Gasteiger partial charge in [-0.05, 0) is 13.3 Å². The molecule has 0 saturated carbocycles. The van der Waals surface area contributed by atoms with E-state index in [1.54, 1.807) is 11.8 Å². The van der Waals surface area contributed by atoms with Gasteiger partial charge in [0.25, 0.3) is 10.0 Å². The van der Waals surface area contributed by atoms with Gasteiger partial charge in [0.1, 0.15) is 5.56 Å². The second kappa shape index (κ2) is 5.74. The van der Waals surface area contributed by atoms with E-state index in [0.717, 1.165) is 6.42 Å². The number of nitrogens with zero attached hydrogens (tertiary/aromatic N) is 2. The van der Waals surface area contributed by atoms with Crippen LogP contribution in [0.4, 0.5) is 0 Å². The van der Waals surface area contributed by atoms with Crippen LogP contribution in [0.3, 0.4) is 0 Å². The lowest BCUT2D eigenvalue weighted by Crippen LogP contribution is -2.42. The van der Waals surface area contributed by atoms with Gasteiger partial charge in [-0.3, -0.25) is 5.10 Å². The number of rotatable bonds is 4. The SMILES string of the molecule is CCC1CN(S(=O)(=O)c2n[nH]c(C)c2C(=O)O)CCS1. The zero-order valence-corrected chi connectivity index (χ0v) is 12.9. The molecule has 1 aromatic heterocycles. The molecule has 1 aromatic rings. The maximum atomic E-state index is 12.6. The van der Waals surface area contributed by atoms with E-state index in [-0.39, 0.29) is 21.5 Å². The largest absolute Gasteiger partial charge is 0.478 e. The Bertz CT molecular complexity index is 611. The fraction of sp³-hybridized carbons (Fsp3) is 0.636. The van der Waals surface area contributed by atoms with Crippen molar-refractivity contribution in [3.05, 3.63) is 11.3 Å². The lowest BCUT2D eigenvalue weighted by molar-refractivity contribution is 0.0691. The molecule has 9 heteroatoms. The van der Waals surface area contributed by atoms with E-state index in [1.807, 2.05) is 6.92 Å². The number of aryl methyl sites for hydroxylation is 1. The van der Waals surface area contributed by atoms with Crippen LogP contribution >= 0.6 is 11.8 Å². The average Bonchev–Trinajstić information content (AvgIpc) is 2.81. The van der Waals surface area contributed by atoms with E-state index >= 15 is 0 Å². The summed E-state index contributed by atoms with van der Waals surface area (Å²) in [6.45, 7) is 4.29. The first-order valence-electron chi connectivity index (χ1n) is 6.28. The predicted octanol–water partition coefficient (Wildman–Crippen LogP) is 0.932. The zero-order valence-electron chi connectivity index (χ0n) is 11.3. The van der Waals surface area contributed by atoms with E-state index in [9.17, 15) is 13.2 Å². The van der Waals surface area contributed by atoms with Gasteiger partial charge in [-0.25, -0.2) is 13.2 Å². The fourth-order valence-corrected chi connectivity index (χ4v) is 5.13. The third-order valence-electron chi connectivity index (χ3n) is 3.27. The summed E-state index contributed by atoms with van der Waals surface area (Å²) >= 11 is 1.74. The standard InChI is InChI=1S/C11H17N3O4S2/c1-3-8-6-14(4-5-19-8)20(17,18)10-9(11(15)16)7(2)12-13-10/h8H,3-6H2,1-2H3,(H,12,13)(H,15,16). The molecule has 112 valence electrons. The number of hydrogen-bond donors (Lipinski definition) is 2. The van der Waals surface area contributed by atoms with Gasteiger partial charge in [-0.15, -0.1) is 0 Å². The van der Waals surface area contributed by atoms with Crippen LogP contribution < -0.4 is 0 Å². The smallest absolute Gasteiger partial charge is 0.340 e. The molecule has 1 saturated heterocycles. The second-order valence-corrected chi connectivity index (χ2v) is 7.86. The van der Waals surface area contributed by atoms with Crippen LogP contribution in [-0.4, -0.2) is 58.1 Å². The van der Waals surface area contributed by atoms with Crippen LogP contribution in [0.2, 0.25) is 0 Å². The molecule has 2 N–H and O–H groups in total. The van der Waals surface area contributed by atoms with Crippen molar-refractivity contribution < 1.29 is 18.3 Å². The van der Waals surface area contributed by atoms with E-state index in [2.05, 4.69) is 10.2 Å². The quantitative estimate of drug-likeness (QED) is 0.856. The Morgan fingerprint density at radius 1 is 1.60 bits per heavy atom. The second-order valence-electron chi connectivity index (χ2n) is 4.60. The van der Waals surface area contributed by atoms with Gasteiger partial charge >= 0.3 is 5.97 Å². The average molecular weight is 319 g/mol. The summed E-state index contributed by atoms with van der Waals surface area (Å²) < 4.78 is 26.4. The third kappa shape index (κ3) is 2.70. The Labute approximate surface area is 121 Å². The first-order chi connectivity index (χ1) is 9.37. The molecule has 0 radical (unpaired) electrons. The van der Waals surface area contributed by atoms with Crippen LogP contribution in [0.1, 0.15) is 29.4 Å². The summed E-state index contributed by atoms with van der Waals surface area (Å²) in [4.78, 5) is 11.2. The van der Waals surface area contributed by atoms with E-state index in [1.165, 1.54) is 11.2 Å². The predicted molar refractivity (Wildman–Crippen MR) is 75.6 cm³/mol. The Kier molecular flexibility index (Phi) is 4.40. The molecule has 0 spiro atoms. The van der Waals surface area contributed by atoms with Crippen molar-refractivity contribution in [2.24, 2.45) is 0 Å². The molecule has 7 nitrogen and oxygen atoms in total. The van der Waals surface area contributed by atoms with Crippen LogP contribution in [0.15, 0.2) is 5.03 Å². The van der Waals surface area contributed by atoms with Crippen LogP contribution in [0, 0.1) is 6.92 Å². The lowest BCUT2D eigenvalue weighted by Gasteiger charge is -2.30. The number of hydrogen-bond acceptors (Lipinski definition) is 5.